The van der Waals surface area contributed by atoms with E-state index in [0.29, 0.717) is 22.5 Å². The number of anilines is 1. The number of allylic oxidation sites excluding steroid dienone is 2. The Morgan fingerprint density at radius 2 is 1.65 bits per heavy atom. The van der Waals surface area contributed by atoms with E-state index in [1.165, 1.54) is 11.3 Å². The zero-order valence-corrected chi connectivity index (χ0v) is 14.8. The highest BCUT2D eigenvalue weighted by Gasteiger charge is 2.67. The van der Waals surface area contributed by atoms with Crippen molar-refractivity contribution >= 4 is 45.0 Å². The van der Waals surface area contributed by atoms with Gasteiger partial charge in [0.25, 0.3) is 0 Å². The van der Waals surface area contributed by atoms with Crippen molar-refractivity contribution < 1.29 is 9.59 Å². The zero-order valence-electron chi connectivity index (χ0n) is 12.5. The van der Waals surface area contributed by atoms with Gasteiger partial charge in [-0.05, 0) is 70.6 Å². The molecule has 2 saturated carbocycles. The molecule has 0 radical (unpaired) electrons. The standard InChI is InChI=1S/C18H15BrClNO2/c1-7-13(5-4-12(19)16(7)20)21-17(22)14-8-2-3-9(11-6-10(8)11)15(14)18(21)23/h2-5,8-11,14-15H,6H2,1H3/t8-,9-,10-,11-,14-,15+/m0/s1. The molecule has 0 aromatic heterocycles. The van der Waals surface area contributed by atoms with E-state index in [1.54, 1.807) is 6.07 Å². The first-order valence-corrected chi connectivity index (χ1v) is 9.18. The Kier molecular flexibility index (Phi) is 2.77. The summed E-state index contributed by atoms with van der Waals surface area (Å²) in [6.07, 6.45) is 5.56. The second kappa shape index (κ2) is 4.48. The molecule has 0 N–H and O–H groups in total. The Morgan fingerprint density at radius 3 is 2.22 bits per heavy atom. The van der Waals surface area contributed by atoms with E-state index in [0.717, 1.165) is 10.0 Å². The van der Waals surface area contributed by atoms with E-state index >= 15 is 0 Å². The van der Waals surface area contributed by atoms with Crippen LogP contribution in [0.1, 0.15) is 12.0 Å². The third kappa shape index (κ3) is 1.66. The number of carbonyl (C=O) groups is 2. The van der Waals surface area contributed by atoms with Gasteiger partial charge in [0.1, 0.15) is 0 Å². The molecule has 1 aromatic carbocycles. The molecule has 4 aliphatic carbocycles. The van der Waals surface area contributed by atoms with Gasteiger partial charge in [0, 0.05) is 4.47 Å². The Balaban J connectivity index is 1.61. The van der Waals surface area contributed by atoms with Gasteiger partial charge in [-0.25, -0.2) is 4.90 Å². The van der Waals surface area contributed by atoms with Gasteiger partial charge in [0.2, 0.25) is 11.8 Å². The summed E-state index contributed by atoms with van der Waals surface area (Å²) in [5.74, 6) is 1.35. The highest BCUT2D eigenvalue weighted by atomic mass is 79.9. The maximum Gasteiger partial charge on any atom is 0.238 e. The van der Waals surface area contributed by atoms with Gasteiger partial charge in [-0.1, -0.05) is 23.8 Å². The number of benzene rings is 1. The first-order valence-electron chi connectivity index (χ1n) is 8.01. The fourth-order valence-electron chi connectivity index (χ4n) is 5.08. The molecule has 23 heavy (non-hydrogen) atoms. The Hall–Kier alpha value is -1.13. The molecular formula is C18H15BrClNO2. The summed E-state index contributed by atoms with van der Waals surface area (Å²) in [6, 6.07) is 3.62. The molecule has 0 spiro atoms. The molecule has 0 unspecified atom stereocenters. The maximum absolute atomic E-state index is 13.1. The number of hydrogen-bond acceptors (Lipinski definition) is 2. The van der Waals surface area contributed by atoms with Gasteiger partial charge < -0.3 is 0 Å². The van der Waals surface area contributed by atoms with Crippen LogP contribution in [-0.2, 0) is 9.59 Å². The van der Waals surface area contributed by atoms with Crippen LogP contribution in [0.25, 0.3) is 0 Å². The predicted octanol–water partition coefficient (Wildman–Crippen LogP) is 3.97. The third-order valence-electron chi connectivity index (χ3n) is 6.21. The van der Waals surface area contributed by atoms with Crippen molar-refractivity contribution in [3.63, 3.8) is 0 Å². The van der Waals surface area contributed by atoms with Crippen molar-refractivity contribution in [2.45, 2.75) is 13.3 Å². The summed E-state index contributed by atoms with van der Waals surface area (Å²) in [7, 11) is 0. The SMILES string of the molecule is Cc1c(N2C(=O)[C@@H]3[C@H]4C=C[C@@H]([C@@H]5C[C@@H]45)[C@@H]3C2=O)ccc(Br)c1Cl. The minimum absolute atomic E-state index is 0.0359. The highest BCUT2D eigenvalue weighted by Crippen LogP contribution is 2.65. The van der Waals surface area contributed by atoms with E-state index in [2.05, 4.69) is 28.1 Å². The van der Waals surface area contributed by atoms with Crippen LogP contribution in [0.2, 0.25) is 5.02 Å². The van der Waals surface area contributed by atoms with Gasteiger partial charge in [0.05, 0.1) is 22.5 Å². The number of imide groups is 1. The largest absolute Gasteiger partial charge is 0.274 e. The summed E-state index contributed by atoms with van der Waals surface area (Å²) in [5, 5.41) is 0.557. The van der Waals surface area contributed by atoms with Crippen molar-refractivity contribution in [2.75, 3.05) is 4.90 Å². The molecule has 1 aliphatic heterocycles. The van der Waals surface area contributed by atoms with Crippen LogP contribution in [-0.4, -0.2) is 11.8 Å². The van der Waals surface area contributed by atoms with E-state index in [-0.39, 0.29) is 35.5 Å². The van der Waals surface area contributed by atoms with E-state index in [1.807, 2.05) is 13.0 Å². The third-order valence-corrected chi connectivity index (χ3v) is 7.59. The summed E-state index contributed by atoms with van der Waals surface area (Å²) in [6.45, 7) is 1.86. The number of hydrogen-bond donors (Lipinski definition) is 0. The van der Waals surface area contributed by atoms with Crippen LogP contribution in [0.5, 0.6) is 0 Å². The molecule has 1 heterocycles. The molecule has 6 rings (SSSR count). The predicted molar refractivity (Wildman–Crippen MR) is 91.1 cm³/mol. The lowest BCUT2D eigenvalue weighted by Gasteiger charge is -2.37. The zero-order chi connectivity index (χ0) is 16.0. The first-order chi connectivity index (χ1) is 11.0. The van der Waals surface area contributed by atoms with Crippen molar-refractivity contribution in [1.82, 2.24) is 0 Å². The fraction of sp³-hybridized carbons (Fsp3) is 0.444. The fourth-order valence-corrected chi connectivity index (χ4v) is 5.67. The minimum Gasteiger partial charge on any atom is -0.274 e. The van der Waals surface area contributed by atoms with Crippen molar-refractivity contribution in [3.8, 4) is 0 Å². The lowest BCUT2D eigenvalue weighted by Crippen LogP contribution is -2.40. The number of carbonyl (C=O) groups excluding carboxylic acids is 2. The van der Waals surface area contributed by atoms with E-state index < -0.39 is 0 Å². The normalized spacial score (nSPS) is 39.7. The molecule has 6 atom stereocenters. The number of rotatable bonds is 1. The van der Waals surface area contributed by atoms with Crippen LogP contribution in [0.15, 0.2) is 28.8 Å². The van der Waals surface area contributed by atoms with Crippen LogP contribution >= 0.6 is 27.5 Å². The molecule has 2 bridgehead atoms. The average Bonchev–Trinajstić information content (AvgIpc) is 3.32. The van der Waals surface area contributed by atoms with Crippen molar-refractivity contribution in [3.05, 3.63) is 39.3 Å². The molecule has 1 saturated heterocycles. The van der Waals surface area contributed by atoms with Gasteiger partial charge >= 0.3 is 0 Å². The molecule has 5 heteroatoms. The molecule has 5 aliphatic rings. The van der Waals surface area contributed by atoms with Gasteiger partial charge in [-0.3, -0.25) is 9.59 Å². The number of nitrogens with zero attached hydrogens (tertiary/aromatic N) is 1. The second-order valence-electron chi connectivity index (χ2n) is 7.17. The van der Waals surface area contributed by atoms with Gasteiger partial charge in [0.15, 0.2) is 0 Å². The summed E-state index contributed by atoms with van der Waals surface area (Å²) in [4.78, 5) is 27.5. The highest BCUT2D eigenvalue weighted by molar-refractivity contribution is 9.10. The quantitative estimate of drug-likeness (QED) is 0.536. The average molecular weight is 393 g/mol. The Labute approximate surface area is 147 Å². The second-order valence-corrected chi connectivity index (χ2v) is 8.40. The van der Waals surface area contributed by atoms with Crippen LogP contribution in [0, 0.1) is 42.4 Å². The maximum atomic E-state index is 13.1. The van der Waals surface area contributed by atoms with E-state index in [4.69, 9.17) is 11.6 Å². The molecule has 3 fully saturated rings. The summed E-state index contributed by atoms with van der Waals surface area (Å²) in [5.41, 5.74) is 1.41. The van der Waals surface area contributed by atoms with Crippen LogP contribution in [0.4, 0.5) is 5.69 Å². The Morgan fingerprint density at radius 1 is 1.09 bits per heavy atom. The van der Waals surface area contributed by atoms with Crippen LogP contribution in [0.3, 0.4) is 0 Å². The number of halogens is 2. The van der Waals surface area contributed by atoms with Crippen LogP contribution < -0.4 is 4.90 Å². The molecular weight excluding hydrogens is 378 g/mol. The number of amides is 2. The topological polar surface area (TPSA) is 37.4 Å². The Bertz CT molecular complexity index is 768. The first kappa shape index (κ1) is 14.2. The smallest absolute Gasteiger partial charge is 0.238 e. The molecule has 1 aromatic rings. The van der Waals surface area contributed by atoms with Crippen molar-refractivity contribution in [1.29, 1.82) is 0 Å². The van der Waals surface area contributed by atoms with Crippen molar-refractivity contribution in [2.24, 2.45) is 35.5 Å². The lowest BCUT2D eigenvalue weighted by atomic mass is 9.63. The summed E-state index contributed by atoms with van der Waals surface area (Å²) >= 11 is 9.69. The molecule has 118 valence electrons. The summed E-state index contributed by atoms with van der Waals surface area (Å²) < 4.78 is 0.778. The molecule has 2 amide bonds. The van der Waals surface area contributed by atoms with E-state index in [9.17, 15) is 9.59 Å². The lowest BCUT2D eigenvalue weighted by molar-refractivity contribution is -0.124. The van der Waals surface area contributed by atoms with Gasteiger partial charge in [-0.2, -0.15) is 0 Å². The monoisotopic (exact) mass is 391 g/mol. The minimum atomic E-state index is -0.164. The molecule has 3 nitrogen and oxygen atoms in total. The van der Waals surface area contributed by atoms with Gasteiger partial charge in [-0.15, -0.1) is 0 Å².